The molecule has 3 aromatic rings. The first-order valence-corrected chi connectivity index (χ1v) is 12.6. The largest absolute Gasteiger partial charge is 0.444 e. The van der Waals surface area contributed by atoms with Crippen molar-refractivity contribution in [1.29, 1.82) is 0 Å². The molecule has 3 fully saturated rings. The Morgan fingerprint density at radius 2 is 1.90 bits per heavy atom. The minimum absolute atomic E-state index is 0.0521. The quantitative estimate of drug-likeness (QED) is 0.381. The van der Waals surface area contributed by atoms with Crippen LogP contribution < -0.4 is 15.0 Å². The highest BCUT2D eigenvalue weighted by Gasteiger charge is 2.43. The Morgan fingerprint density at radius 1 is 1.15 bits per heavy atom. The van der Waals surface area contributed by atoms with Crippen LogP contribution in [-0.4, -0.2) is 63.3 Å². The van der Waals surface area contributed by atoms with E-state index in [1.807, 2.05) is 4.90 Å². The summed E-state index contributed by atoms with van der Waals surface area (Å²) < 4.78 is 65.0. The molecular formula is C25H25ClF4N6O3. The van der Waals surface area contributed by atoms with Crippen LogP contribution >= 0.6 is 11.6 Å². The van der Waals surface area contributed by atoms with Gasteiger partial charge in [0.25, 0.3) is 0 Å². The maximum absolute atomic E-state index is 15.3. The third-order valence-corrected chi connectivity index (χ3v) is 6.84. The van der Waals surface area contributed by atoms with E-state index in [0.29, 0.717) is 13.1 Å². The maximum Gasteiger partial charge on any atom is 0.410 e. The monoisotopic (exact) mass is 568 g/mol. The minimum Gasteiger partial charge on any atom is -0.444 e. The number of piperazine rings is 1. The van der Waals surface area contributed by atoms with E-state index in [2.05, 4.69) is 25.0 Å². The molecule has 5 heterocycles. The molecule has 3 aliphatic heterocycles. The molecule has 1 N–H and O–H groups in total. The van der Waals surface area contributed by atoms with E-state index in [4.69, 9.17) is 16.3 Å². The molecule has 9 nitrogen and oxygen atoms in total. The fourth-order valence-corrected chi connectivity index (χ4v) is 5.03. The molecule has 1 aromatic carbocycles. The molecule has 0 saturated carbocycles. The lowest BCUT2D eigenvalue weighted by Gasteiger charge is -2.51. The summed E-state index contributed by atoms with van der Waals surface area (Å²) in [6, 6.07) is 3.08. The Morgan fingerprint density at radius 3 is 2.56 bits per heavy atom. The molecule has 0 aliphatic carbocycles. The van der Waals surface area contributed by atoms with Crippen molar-refractivity contribution in [3.63, 3.8) is 0 Å². The Kier molecular flexibility index (Phi) is 7.04. The van der Waals surface area contributed by atoms with E-state index in [-0.39, 0.29) is 40.4 Å². The normalized spacial score (nSPS) is 19.1. The molecule has 2 aromatic heterocycles. The highest BCUT2D eigenvalue weighted by molar-refractivity contribution is 6.32. The smallest absolute Gasteiger partial charge is 0.410 e. The van der Waals surface area contributed by atoms with Gasteiger partial charge in [0.1, 0.15) is 28.2 Å². The Hall–Kier alpha value is -3.61. The molecule has 3 aliphatic rings. The zero-order chi connectivity index (χ0) is 28.1. The number of fused-ring (bicyclic) bond motifs is 4. The minimum atomic E-state index is -3.18. The van der Waals surface area contributed by atoms with E-state index in [1.54, 1.807) is 25.7 Å². The van der Waals surface area contributed by atoms with Crippen LogP contribution in [0.25, 0.3) is 11.0 Å². The number of benzene rings is 1. The van der Waals surface area contributed by atoms with Crippen molar-refractivity contribution in [3.8, 4) is 5.75 Å². The van der Waals surface area contributed by atoms with Crippen molar-refractivity contribution < 1.29 is 31.8 Å². The average molecular weight is 569 g/mol. The third kappa shape index (κ3) is 5.45. The first-order chi connectivity index (χ1) is 18.4. The first-order valence-electron chi connectivity index (χ1n) is 12.2. The number of nitrogens with one attached hydrogen (secondary N) is 1. The molecular weight excluding hydrogens is 544 g/mol. The molecule has 14 heteroatoms. The zero-order valence-corrected chi connectivity index (χ0v) is 22.0. The number of aromatic nitrogens is 3. The highest BCUT2D eigenvalue weighted by Crippen LogP contribution is 2.37. The van der Waals surface area contributed by atoms with E-state index in [9.17, 15) is 18.0 Å². The van der Waals surface area contributed by atoms with Gasteiger partial charge in [-0.15, -0.1) is 0 Å². The second kappa shape index (κ2) is 10.2. The predicted molar refractivity (Wildman–Crippen MR) is 136 cm³/mol. The number of amides is 1. The fourth-order valence-electron chi connectivity index (χ4n) is 4.82. The third-order valence-electron chi connectivity index (χ3n) is 6.49. The topological polar surface area (TPSA) is 92.7 Å². The molecule has 1 amide bonds. The van der Waals surface area contributed by atoms with Crippen LogP contribution in [0.15, 0.2) is 24.5 Å². The summed E-state index contributed by atoms with van der Waals surface area (Å²) in [4.78, 5) is 28.9. The Balaban J connectivity index is 1.44. The number of carbonyl (C=O) groups excluding carboxylic acids is 1. The lowest BCUT2D eigenvalue weighted by atomic mass is 9.91. The Labute approximate surface area is 226 Å². The summed E-state index contributed by atoms with van der Waals surface area (Å²) in [5, 5.41) is 2.10. The number of alkyl halides is 2. The van der Waals surface area contributed by atoms with Crippen LogP contribution in [0.1, 0.15) is 33.6 Å². The number of anilines is 3. The molecule has 3 saturated heterocycles. The second-order valence-electron chi connectivity index (χ2n) is 10.3. The first kappa shape index (κ1) is 27.0. The van der Waals surface area contributed by atoms with Crippen molar-refractivity contribution in [2.45, 2.75) is 57.9 Å². The summed E-state index contributed by atoms with van der Waals surface area (Å²) >= 11 is 5.87. The molecule has 0 radical (unpaired) electrons. The van der Waals surface area contributed by atoms with Crippen molar-refractivity contribution >= 4 is 46.1 Å². The second-order valence-corrected chi connectivity index (χ2v) is 10.7. The molecule has 0 unspecified atom stereocenters. The lowest BCUT2D eigenvalue weighted by molar-refractivity contribution is -0.0499. The predicted octanol–water partition coefficient (Wildman–Crippen LogP) is 5.89. The SMILES string of the molecule is CC(C)(C)OC(=O)N1C[C@@H]2CC[C@H]1CN2c1nc2c(Nc3ccc(OC(F)F)c(Cl)c3F)ncnc2cc1F. The molecule has 2 atom stereocenters. The number of hydrogen-bond acceptors (Lipinski definition) is 8. The fraction of sp³-hybridized carbons (Fsp3) is 0.440. The summed E-state index contributed by atoms with van der Waals surface area (Å²) in [5.41, 5.74) is -0.499. The van der Waals surface area contributed by atoms with Gasteiger partial charge >= 0.3 is 12.7 Å². The van der Waals surface area contributed by atoms with Gasteiger partial charge in [0.05, 0.1) is 17.2 Å². The summed E-state index contributed by atoms with van der Waals surface area (Å²) in [6.07, 6.45) is 2.22. The van der Waals surface area contributed by atoms with Crippen molar-refractivity contribution in [1.82, 2.24) is 19.9 Å². The van der Waals surface area contributed by atoms with Gasteiger partial charge in [0, 0.05) is 25.2 Å². The number of carbonyl (C=O) groups is 1. The number of pyridine rings is 1. The van der Waals surface area contributed by atoms with E-state index in [0.717, 1.165) is 31.3 Å². The van der Waals surface area contributed by atoms with Crippen molar-refractivity contribution in [2.75, 3.05) is 23.3 Å². The zero-order valence-electron chi connectivity index (χ0n) is 21.2. The number of hydrogen-bond donors (Lipinski definition) is 1. The van der Waals surface area contributed by atoms with Gasteiger partial charge in [0.2, 0.25) is 0 Å². The maximum atomic E-state index is 15.3. The van der Waals surface area contributed by atoms with Crippen LogP contribution in [-0.2, 0) is 4.74 Å². The summed E-state index contributed by atoms with van der Waals surface area (Å²) in [6.45, 7) is 2.93. The van der Waals surface area contributed by atoms with E-state index < -0.39 is 40.7 Å². The van der Waals surface area contributed by atoms with Crippen LogP contribution in [0.4, 0.5) is 39.7 Å². The standard InChI is InChI=1S/C25H25ClF4N6O3/c1-25(2,3)39-24(37)36-10-12-4-5-13(36)9-35(12)22-14(27)8-16-20(34-22)21(32-11-31-16)33-15-6-7-17(38-23(29)30)18(26)19(15)28/h6-8,11-13,23H,4-5,9-10H2,1-3H3,(H,31,32,33)/t12-,13-/m0/s1. The van der Waals surface area contributed by atoms with Crippen LogP contribution in [0, 0.1) is 11.6 Å². The highest BCUT2D eigenvalue weighted by atomic mass is 35.5. The van der Waals surface area contributed by atoms with Crippen LogP contribution in [0.3, 0.4) is 0 Å². The number of piperidine rings is 2. The molecule has 6 rings (SSSR count). The van der Waals surface area contributed by atoms with E-state index >= 15 is 4.39 Å². The number of ether oxygens (including phenoxy) is 2. The number of rotatable bonds is 5. The van der Waals surface area contributed by atoms with Crippen LogP contribution in [0.5, 0.6) is 5.75 Å². The summed E-state index contributed by atoms with van der Waals surface area (Å²) in [5.74, 6) is -2.06. The Bertz CT molecular complexity index is 1420. The van der Waals surface area contributed by atoms with E-state index in [1.165, 1.54) is 6.07 Å². The number of nitrogens with zero attached hydrogens (tertiary/aromatic N) is 5. The van der Waals surface area contributed by atoms with Crippen molar-refractivity contribution in [2.24, 2.45) is 0 Å². The van der Waals surface area contributed by atoms with Gasteiger partial charge in [-0.1, -0.05) is 11.6 Å². The van der Waals surface area contributed by atoms with Gasteiger partial charge in [-0.25, -0.2) is 28.5 Å². The van der Waals surface area contributed by atoms with Gasteiger partial charge < -0.3 is 24.6 Å². The average Bonchev–Trinajstić information content (AvgIpc) is 2.87. The molecule has 39 heavy (non-hydrogen) atoms. The molecule has 2 bridgehead atoms. The van der Waals surface area contributed by atoms with Gasteiger partial charge in [0.15, 0.2) is 23.3 Å². The molecule has 0 spiro atoms. The van der Waals surface area contributed by atoms with Crippen molar-refractivity contribution in [3.05, 3.63) is 41.2 Å². The van der Waals surface area contributed by atoms with Gasteiger partial charge in [-0.05, 0) is 45.7 Å². The number of halogens is 5. The van der Waals surface area contributed by atoms with Crippen LogP contribution in [0.2, 0.25) is 5.02 Å². The van der Waals surface area contributed by atoms with Gasteiger partial charge in [-0.3, -0.25) is 0 Å². The lowest BCUT2D eigenvalue weighted by Crippen LogP contribution is -2.64. The molecule has 208 valence electrons. The summed E-state index contributed by atoms with van der Waals surface area (Å²) in [7, 11) is 0. The van der Waals surface area contributed by atoms with Gasteiger partial charge in [-0.2, -0.15) is 8.78 Å².